The molecule has 1 N–H and O–H groups in total. The Kier molecular flexibility index (Phi) is 5.02. The van der Waals surface area contributed by atoms with E-state index in [0.717, 1.165) is 21.3 Å². The molecule has 7 nitrogen and oxygen atoms in total. The summed E-state index contributed by atoms with van der Waals surface area (Å²) in [4.78, 5) is 32.7. The lowest BCUT2D eigenvalue weighted by Gasteiger charge is -2.24. The minimum Gasteiger partial charge on any atom is -0.503 e. The van der Waals surface area contributed by atoms with E-state index in [4.69, 9.17) is 14.1 Å². The molecule has 1 aliphatic rings. The second-order valence-electron chi connectivity index (χ2n) is 7.84. The van der Waals surface area contributed by atoms with Gasteiger partial charge < -0.3 is 14.3 Å². The van der Waals surface area contributed by atoms with Crippen molar-refractivity contribution in [1.29, 1.82) is 0 Å². The van der Waals surface area contributed by atoms with Gasteiger partial charge in [-0.2, -0.15) is 0 Å². The van der Waals surface area contributed by atoms with Crippen LogP contribution in [0.4, 0.5) is 5.13 Å². The highest BCUT2D eigenvalue weighted by Gasteiger charge is 2.46. The number of ketones is 1. The molecule has 2 aromatic carbocycles. The van der Waals surface area contributed by atoms with E-state index in [9.17, 15) is 14.7 Å². The Labute approximate surface area is 193 Å². The Morgan fingerprint density at radius 1 is 1.18 bits per heavy atom. The van der Waals surface area contributed by atoms with Crippen molar-refractivity contribution in [2.24, 2.45) is 0 Å². The van der Waals surface area contributed by atoms with Crippen molar-refractivity contribution in [3.8, 4) is 5.75 Å². The number of furan rings is 1. The Morgan fingerprint density at radius 2 is 1.94 bits per heavy atom. The van der Waals surface area contributed by atoms with Crippen molar-refractivity contribution in [3.63, 3.8) is 0 Å². The summed E-state index contributed by atoms with van der Waals surface area (Å²) in [5.74, 6) is -1.17. The number of amides is 1. The fraction of sp³-hybridized carbons (Fsp3) is 0.160. The van der Waals surface area contributed by atoms with Crippen LogP contribution in [0.1, 0.15) is 33.3 Å². The van der Waals surface area contributed by atoms with Crippen molar-refractivity contribution >= 4 is 38.4 Å². The van der Waals surface area contributed by atoms with Crippen LogP contribution in [-0.2, 0) is 4.79 Å². The zero-order valence-corrected chi connectivity index (χ0v) is 19.0. The molecule has 0 saturated heterocycles. The number of fused-ring (bicyclic) bond motifs is 1. The molecular formula is C25H20N2O5S. The second-order valence-corrected chi connectivity index (χ2v) is 8.85. The number of hydrogen-bond donors (Lipinski definition) is 1. The summed E-state index contributed by atoms with van der Waals surface area (Å²) >= 11 is 1.34. The van der Waals surface area contributed by atoms with Crippen molar-refractivity contribution < 1.29 is 23.8 Å². The van der Waals surface area contributed by atoms with E-state index in [1.807, 2.05) is 26.0 Å². The van der Waals surface area contributed by atoms with E-state index in [0.29, 0.717) is 16.4 Å². The number of aromatic nitrogens is 1. The molecule has 5 rings (SSSR count). The average Bonchev–Trinajstić information content (AvgIpc) is 3.53. The third-order valence-electron chi connectivity index (χ3n) is 5.65. The second kappa shape index (κ2) is 7.90. The molecule has 2 aromatic heterocycles. The van der Waals surface area contributed by atoms with Gasteiger partial charge in [0.1, 0.15) is 5.75 Å². The zero-order valence-electron chi connectivity index (χ0n) is 18.2. The molecule has 0 spiro atoms. The first-order valence-corrected chi connectivity index (χ1v) is 11.1. The number of benzene rings is 2. The average molecular weight is 461 g/mol. The highest BCUT2D eigenvalue weighted by molar-refractivity contribution is 7.22. The van der Waals surface area contributed by atoms with Gasteiger partial charge in [0.05, 0.1) is 35.2 Å². The number of aliphatic hydroxyl groups excluding tert-OH is 1. The number of hydrogen-bond acceptors (Lipinski definition) is 7. The van der Waals surface area contributed by atoms with Gasteiger partial charge >= 0.3 is 0 Å². The van der Waals surface area contributed by atoms with Crippen LogP contribution in [0.3, 0.4) is 0 Å². The van der Waals surface area contributed by atoms with Crippen molar-refractivity contribution in [2.75, 3.05) is 12.0 Å². The number of rotatable bonds is 5. The molecule has 0 unspecified atom stereocenters. The van der Waals surface area contributed by atoms with E-state index in [-0.39, 0.29) is 11.3 Å². The molecule has 0 radical (unpaired) electrons. The van der Waals surface area contributed by atoms with E-state index >= 15 is 0 Å². The first-order chi connectivity index (χ1) is 15.9. The Morgan fingerprint density at radius 3 is 2.61 bits per heavy atom. The van der Waals surface area contributed by atoms with E-state index in [1.165, 1.54) is 28.6 Å². The highest BCUT2D eigenvalue weighted by atomic mass is 32.1. The number of carbonyl (C=O) groups is 2. The minimum atomic E-state index is -0.872. The lowest BCUT2D eigenvalue weighted by atomic mass is 9.95. The normalized spacial score (nSPS) is 16.2. The van der Waals surface area contributed by atoms with Crippen LogP contribution >= 0.6 is 11.3 Å². The summed E-state index contributed by atoms with van der Waals surface area (Å²) in [6.07, 6.45) is 1.38. The Hall–Kier alpha value is -3.91. The van der Waals surface area contributed by atoms with Gasteiger partial charge in [-0.25, -0.2) is 4.98 Å². The van der Waals surface area contributed by atoms with Crippen LogP contribution in [0.25, 0.3) is 10.2 Å². The van der Waals surface area contributed by atoms with Gasteiger partial charge in [0.15, 0.2) is 16.7 Å². The molecule has 166 valence electrons. The predicted molar refractivity (Wildman–Crippen MR) is 125 cm³/mol. The molecule has 33 heavy (non-hydrogen) atoms. The number of nitrogens with zero attached hydrogens (tertiary/aromatic N) is 2. The fourth-order valence-corrected chi connectivity index (χ4v) is 5.31. The van der Waals surface area contributed by atoms with Gasteiger partial charge in [0.25, 0.3) is 5.91 Å². The van der Waals surface area contributed by atoms with Gasteiger partial charge in [-0.3, -0.25) is 14.5 Å². The van der Waals surface area contributed by atoms with Gasteiger partial charge in [-0.1, -0.05) is 29.5 Å². The van der Waals surface area contributed by atoms with Gasteiger partial charge in [0, 0.05) is 0 Å². The van der Waals surface area contributed by atoms with Gasteiger partial charge in [-0.15, -0.1) is 0 Å². The molecule has 0 bridgehead atoms. The quantitative estimate of drug-likeness (QED) is 0.407. The van der Waals surface area contributed by atoms with Crippen LogP contribution in [0.2, 0.25) is 0 Å². The van der Waals surface area contributed by atoms with Crippen molar-refractivity contribution in [1.82, 2.24) is 4.98 Å². The van der Waals surface area contributed by atoms with Crippen LogP contribution in [0, 0.1) is 13.8 Å². The summed E-state index contributed by atoms with van der Waals surface area (Å²) in [6, 6.07) is 13.3. The third-order valence-corrected chi connectivity index (χ3v) is 6.66. The first-order valence-electron chi connectivity index (χ1n) is 10.3. The summed E-state index contributed by atoms with van der Waals surface area (Å²) in [7, 11) is 1.56. The number of aliphatic hydroxyl groups is 1. The van der Waals surface area contributed by atoms with Crippen LogP contribution in [-0.4, -0.2) is 28.9 Å². The molecule has 0 saturated carbocycles. The molecule has 4 aromatic rings. The number of aryl methyl sites for hydroxylation is 2. The monoisotopic (exact) mass is 460 g/mol. The molecule has 1 amide bonds. The molecular weight excluding hydrogens is 440 g/mol. The van der Waals surface area contributed by atoms with Crippen LogP contribution < -0.4 is 9.64 Å². The summed E-state index contributed by atoms with van der Waals surface area (Å²) in [5, 5.41) is 11.2. The first kappa shape index (κ1) is 21.0. The Bertz CT molecular complexity index is 1420. The number of thiazole rings is 1. The number of anilines is 1. The topological polar surface area (TPSA) is 92.9 Å². The number of methoxy groups -OCH3 is 1. The van der Waals surface area contributed by atoms with Crippen molar-refractivity contribution in [3.05, 3.63) is 88.6 Å². The Balaban J connectivity index is 1.69. The van der Waals surface area contributed by atoms with Gasteiger partial charge in [0.2, 0.25) is 5.78 Å². The maximum Gasteiger partial charge on any atom is 0.296 e. The lowest BCUT2D eigenvalue weighted by Crippen LogP contribution is -2.30. The minimum absolute atomic E-state index is 0.0421. The van der Waals surface area contributed by atoms with Crippen molar-refractivity contribution in [2.45, 2.75) is 19.9 Å². The van der Waals surface area contributed by atoms with Crippen LogP contribution in [0.5, 0.6) is 5.75 Å². The smallest absolute Gasteiger partial charge is 0.296 e. The summed E-state index contributed by atoms with van der Waals surface area (Å²) in [5.41, 5.74) is 3.45. The summed E-state index contributed by atoms with van der Waals surface area (Å²) in [6.45, 7) is 3.97. The number of carbonyl (C=O) groups excluding carboxylic acids is 2. The van der Waals surface area contributed by atoms with E-state index in [2.05, 4.69) is 0 Å². The van der Waals surface area contributed by atoms with Crippen LogP contribution in [0.15, 0.2) is 70.5 Å². The molecule has 0 aliphatic carbocycles. The predicted octanol–water partition coefficient (Wildman–Crippen LogP) is 5.30. The molecule has 1 atom stereocenters. The fourth-order valence-electron chi connectivity index (χ4n) is 4.14. The van der Waals surface area contributed by atoms with Gasteiger partial charge in [-0.05, 0) is 60.9 Å². The standard InChI is InChI=1S/C25H20N2O5S/c1-13-11-14(2)20-18(12-13)33-25(26-20)27-21(15-6-8-16(31-3)9-7-15)19(23(29)24(27)30)22(28)17-5-4-10-32-17/h4-12,21,29H,1-3H3/t21-/m1/s1. The molecule has 8 heteroatoms. The maximum absolute atomic E-state index is 13.3. The number of ether oxygens (including phenoxy) is 1. The zero-order chi connectivity index (χ0) is 23.3. The highest BCUT2D eigenvalue weighted by Crippen LogP contribution is 2.44. The third kappa shape index (κ3) is 3.39. The maximum atomic E-state index is 13.3. The molecule has 3 heterocycles. The summed E-state index contributed by atoms with van der Waals surface area (Å²) < 4.78 is 11.4. The van der Waals surface area contributed by atoms with E-state index < -0.39 is 23.5 Å². The van der Waals surface area contributed by atoms with E-state index in [1.54, 1.807) is 37.4 Å². The molecule has 1 aliphatic heterocycles. The SMILES string of the molecule is COc1ccc([C@@H]2C(C(=O)c3ccco3)=C(O)C(=O)N2c2nc3c(C)cc(C)cc3s2)cc1. The largest absolute Gasteiger partial charge is 0.503 e. The number of Topliss-reactive ketones (excluding diaryl/α,β-unsaturated/α-hetero) is 1. The molecule has 0 fully saturated rings. The lowest BCUT2D eigenvalue weighted by molar-refractivity contribution is -0.117.